The molecule has 174 valence electrons. The molecular weight excluding hydrogens is 467 g/mol. The first kappa shape index (κ1) is 26.4. The Morgan fingerprint density at radius 3 is 2.28 bits per heavy atom. The van der Waals surface area contributed by atoms with Crippen LogP contribution >= 0.6 is 35.0 Å². The van der Waals surface area contributed by atoms with Crippen LogP contribution in [0.15, 0.2) is 42.5 Å². The molecular formula is C24H30Cl2N2O3S. The first-order valence-corrected chi connectivity index (χ1v) is 12.4. The number of nitrogens with one attached hydrogen (secondary N) is 1. The number of hydrogen-bond acceptors (Lipinski definition) is 4. The summed E-state index contributed by atoms with van der Waals surface area (Å²) in [5, 5.41) is 4.13. The molecule has 2 aromatic carbocycles. The largest absolute Gasteiger partial charge is 0.497 e. The van der Waals surface area contributed by atoms with Gasteiger partial charge in [0.2, 0.25) is 11.8 Å². The van der Waals surface area contributed by atoms with Crippen molar-refractivity contribution in [3.63, 3.8) is 0 Å². The van der Waals surface area contributed by atoms with Gasteiger partial charge in [0.15, 0.2) is 0 Å². The topological polar surface area (TPSA) is 58.6 Å². The van der Waals surface area contributed by atoms with Crippen LogP contribution in [0.4, 0.5) is 0 Å². The molecule has 0 radical (unpaired) electrons. The van der Waals surface area contributed by atoms with Gasteiger partial charge in [0, 0.05) is 28.4 Å². The lowest BCUT2D eigenvalue weighted by Crippen LogP contribution is -2.50. The molecule has 2 amide bonds. The summed E-state index contributed by atoms with van der Waals surface area (Å²) in [6, 6.07) is 12.3. The van der Waals surface area contributed by atoms with Gasteiger partial charge in [0.1, 0.15) is 11.8 Å². The van der Waals surface area contributed by atoms with Crippen LogP contribution in [-0.2, 0) is 21.9 Å². The molecule has 0 aliphatic rings. The van der Waals surface area contributed by atoms with E-state index >= 15 is 0 Å². The molecule has 2 atom stereocenters. The van der Waals surface area contributed by atoms with Gasteiger partial charge in [0.05, 0.1) is 12.9 Å². The number of ether oxygens (including phenoxy) is 1. The molecule has 0 saturated carbocycles. The van der Waals surface area contributed by atoms with Crippen LogP contribution in [0, 0.1) is 0 Å². The Bertz CT molecular complexity index is 888. The lowest BCUT2D eigenvalue weighted by Gasteiger charge is -2.29. The third-order valence-electron chi connectivity index (χ3n) is 5.21. The van der Waals surface area contributed by atoms with Crippen molar-refractivity contribution in [1.29, 1.82) is 0 Å². The highest BCUT2D eigenvalue weighted by molar-refractivity contribution is 7.99. The van der Waals surface area contributed by atoms with Gasteiger partial charge >= 0.3 is 0 Å². The second kappa shape index (κ2) is 13.0. The summed E-state index contributed by atoms with van der Waals surface area (Å²) >= 11 is 13.9. The molecule has 5 nitrogen and oxygen atoms in total. The molecule has 2 aromatic rings. The molecule has 0 spiro atoms. The van der Waals surface area contributed by atoms with Crippen LogP contribution in [0.1, 0.15) is 38.3 Å². The summed E-state index contributed by atoms with van der Waals surface area (Å²) in [4.78, 5) is 27.5. The second-order valence-electron chi connectivity index (χ2n) is 7.56. The number of amides is 2. The Morgan fingerprint density at radius 1 is 1.09 bits per heavy atom. The van der Waals surface area contributed by atoms with E-state index in [2.05, 4.69) is 5.32 Å². The molecule has 0 bridgehead atoms. The van der Waals surface area contributed by atoms with Crippen molar-refractivity contribution in [3.8, 4) is 5.75 Å². The van der Waals surface area contributed by atoms with Gasteiger partial charge in [-0.3, -0.25) is 9.59 Å². The van der Waals surface area contributed by atoms with E-state index in [4.69, 9.17) is 27.9 Å². The quantitative estimate of drug-likeness (QED) is 0.441. The number of carbonyl (C=O) groups excluding carboxylic acids is 2. The van der Waals surface area contributed by atoms with Gasteiger partial charge in [-0.25, -0.2) is 0 Å². The van der Waals surface area contributed by atoms with Crippen molar-refractivity contribution < 1.29 is 14.3 Å². The molecule has 2 rings (SSSR count). The van der Waals surface area contributed by atoms with Crippen molar-refractivity contribution in [2.24, 2.45) is 0 Å². The highest BCUT2D eigenvalue weighted by atomic mass is 35.5. The monoisotopic (exact) mass is 496 g/mol. The predicted molar refractivity (Wildman–Crippen MR) is 134 cm³/mol. The van der Waals surface area contributed by atoms with E-state index in [0.717, 1.165) is 23.3 Å². The van der Waals surface area contributed by atoms with E-state index < -0.39 is 6.04 Å². The Morgan fingerprint density at radius 2 is 1.72 bits per heavy atom. The van der Waals surface area contributed by atoms with E-state index in [-0.39, 0.29) is 23.6 Å². The van der Waals surface area contributed by atoms with Gasteiger partial charge in [-0.2, -0.15) is 0 Å². The average molecular weight is 497 g/mol. The number of methoxy groups -OCH3 is 1. The van der Waals surface area contributed by atoms with E-state index in [1.807, 2.05) is 38.1 Å². The van der Waals surface area contributed by atoms with Crippen molar-refractivity contribution >= 4 is 46.8 Å². The summed E-state index contributed by atoms with van der Waals surface area (Å²) in [6.45, 7) is 6.04. The number of carbonyl (C=O) groups is 2. The van der Waals surface area contributed by atoms with Crippen LogP contribution in [-0.4, -0.2) is 41.7 Å². The number of hydrogen-bond donors (Lipinski definition) is 1. The lowest BCUT2D eigenvalue weighted by atomic mass is 10.1. The zero-order chi connectivity index (χ0) is 23.7. The first-order chi connectivity index (χ1) is 15.3. The molecule has 0 saturated heterocycles. The van der Waals surface area contributed by atoms with Crippen LogP contribution in [0.5, 0.6) is 5.75 Å². The lowest BCUT2D eigenvalue weighted by molar-refractivity contribution is -0.138. The van der Waals surface area contributed by atoms with Gasteiger partial charge in [-0.05, 0) is 55.7 Å². The number of halogens is 2. The van der Waals surface area contributed by atoms with E-state index in [0.29, 0.717) is 22.3 Å². The zero-order valence-electron chi connectivity index (χ0n) is 18.9. The van der Waals surface area contributed by atoms with Crippen molar-refractivity contribution in [2.45, 2.75) is 51.6 Å². The second-order valence-corrected chi connectivity index (χ2v) is 9.36. The number of rotatable bonds is 11. The summed E-state index contributed by atoms with van der Waals surface area (Å²) in [7, 11) is 1.61. The molecule has 0 heterocycles. The highest BCUT2D eigenvalue weighted by Gasteiger charge is 2.26. The molecule has 0 aromatic heterocycles. The third kappa shape index (κ3) is 7.61. The minimum Gasteiger partial charge on any atom is -0.497 e. The zero-order valence-corrected chi connectivity index (χ0v) is 21.2. The van der Waals surface area contributed by atoms with Crippen LogP contribution < -0.4 is 10.1 Å². The van der Waals surface area contributed by atoms with Crippen LogP contribution in [0.3, 0.4) is 0 Å². The van der Waals surface area contributed by atoms with Crippen molar-refractivity contribution in [2.75, 3.05) is 12.9 Å². The fourth-order valence-corrected chi connectivity index (χ4v) is 4.62. The molecule has 0 aliphatic carbocycles. The SMILES string of the molecule is CC[C@@H](C)NC(=O)[C@H](C)N(Cc1ccc(OC)cc1)C(=O)CSCc1c(Cl)cccc1Cl. The molecule has 32 heavy (non-hydrogen) atoms. The van der Waals surface area contributed by atoms with Gasteiger partial charge in [-0.15, -0.1) is 11.8 Å². The van der Waals surface area contributed by atoms with Gasteiger partial charge in [-0.1, -0.05) is 48.3 Å². The standard InChI is InChI=1S/C24H30Cl2N2O3S/c1-5-16(2)27-24(30)17(3)28(13-18-9-11-19(31-4)12-10-18)23(29)15-32-14-20-21(25)7-6-8-22(20)26/h6-12,16-17H,5,13-15H2,1-4H3,(H,27,30)/t16-,17+/m1/s1. The number of thioether (sulfide) groups is 1. The number of nitrogens with zero attached hydrogens (tertiary/aromatic N) is 1. The first-order valence-electron chi connectivity index (χ1n) is 10.5. The van der Waals surface area contributed by atoms with Crippen LogP contribution in [0.25, 0.3) is 0 Å². The van der Waals surface area contributed by atoms with E-state index in [1.165, 1.54) is 11.8 Å². The summed E-state index contributed by atoms with van der Waals surface area (Å²) in [5.41, 5.74) is 1.72. The van der Waals surface area contributed by atoms with Crippen LogP contribution in [0.2, 0.25) is 10.0 Å². The predicted octanol–water partition coefficient (Wildman–Crippen LogP) is 5.57. The maximum absolute atomic E-state index is 13.2. The average Bonchev–Trinajstić information content (AvgIpc) is 2.79. The normalized spacial score (nSPS) is 12.7. The Balaban J connectivity index is 2.12. The van der Waals surface area contributed by atoms with Crippen molar-refractivity contribution in [3.05, 3.63) is 63.6 Å². The smallest absolute Gasteiger partial charge is 0.242 e. The number of benzene rings is 2. The summed E-state index contributed by atoms with van der Waals surface area (Å²) in [6.07, 6.45) is 0.819. The Labute approximate surface area is 204 Å². The molecule has 8 heteroatoms. The van der Waals surface area contributed by atoms with E-state index in [9.17, 15) is 9.59 Å². The minimum absolute atomic E-state index is 0.0413. The van der Waals surface area contributed by atoms with E-state index in [1.54, 1.807) is 37.1 Å². The van der Waals surface area contributed by atoms with Gasteiger partial charge in [0.25, 0.3) is 0 Å². The fourth-order valence-electron chi connectivity index (χ4n) is 2.97. The summed E-state index contributed by atoms with van der Waals surface area (Å²) < 4.78 is 5.21. The highest BCUT2D eigenvalue weighted by Crippen LogP contribution is 2.28. The molecule has 0 aliphatic heterocycles. The summed E-state index contributed by atoms with van der Waals surface area (Å²) in [5.74, 6) is 1.16. The minimum atomic E-state index is -0.608. The third-order valence-corrected chi connectivity index (χ3v) is 6.87. The maximum atomic E-state index is 13.2. The van der Waals surface area contributed by atoms with Crippen molar-refractivity contribution in [1.82, 2.24) is 10.2 Å². The molecule has 1 N–H and O–H groups in total. The Hall–Kier alpha value is -1.89. The molecule has 0 unspecified atom stereocenters. The fraction of sp³-hybridized carbons (Fsp3) is 0.417. The maximum Gasteiger partial charge on any atom is 0.242 e. The molecule has 0 fully saturated rings. The van der Waals surface area contributed by atoms with Gasteiger partial charge < -0.3 is 15.0 Å². The Kier molecular flexibility index (Phi) is 10.7.